The van der Waals surface area contributed by atoms with Crippen LogP contribution in [0.2, 0.25) is 0 Å². The molecular formula is C8H11NO2. The van der Waals surface area contributed by atoms with Crippen molar-refractivity contribution in [2.45, 2.75) is 19.4 Å². The van der Waals surface area contributed by atoms with E-state index in [-0.39, 0.29) is 6.10 Å². The quantitative estimate of drug-likeness (QED) is 0.600. The maximum absolute atomic E-state index is 10.2. The molecule has 0 saturated carbocycles. The summed E-state index contributed by atoms with van der Waals surface area (Å²) in [4.78, 5) is 15.2. The molecular weight excluding hydrogens is 142 g/mol. The Bertz CT molecular complexity index is 208. The fourth-order valence-electron chi connectivity index (χ4n) is 0.808. The topological polar surface area (TPSA) is 38.3 Å². The molecule has 0 spiro atoms. The third kappa shape index (κ3) is 1.91. The van der Waals surface area contributed by atoms with Gasteiger partial charge in [-0.1, -0.05) is 12.7 Å². The average Bonchev–Trinajstić information content (AvgIpc) is 2.05. The van der Waals surface area contributed by atoms with Crippen LogP contribution >= 0.6 is 0 Å². The Morgan fingerprint density at radius 1 is 2.00 bits per heavy atom. The van der Waals surface area contributed by atoms with Crippen molar-refractivity contribution in [2.24, 2.45) is 0 Å². The molecule has 1 unspecified atom stereocenters. The number of rotatable bonds is 2. The lowest BCUT2D eigenvalue weighted by molar-refractivity contribution is -0.122. The van der Waals surface area contributed by atoms with Gasteiger partial charge in [0.25, 0.3) is 0 Å². The zero-order valence-corrected chi connectivity index (χ0v) is 6.46. The number of hydrogen-bond donors (Lipinski definition) is 1. The van der Waals surface area contributed by atoms with Crippen LogP contribution in [0.1, 0.15) is 13.3 Å². The van der Waals surface area contributed by atoms with Gasteiger partial charge in [0.15, 0.2) is 6.29 Å². The van der Waals surface area contributed by atoms with Crippen LogP contribution in [0.15, 0.2) is 23.9 Å². The fourth-order valence-corrected chi connectivity index (χ4v) is 0.808. The highest BCUT2D eigenvalue weighted by atomic mass is 16.7. The minimum absolute atomic E-state index is 0.349. The lowest BCUT2D eigenvalue weighted by Gasteiger charge is -2.19. The summed E-state index contributed by atoms with van der Waals surface area (Å²) in [6.07, 6.45) is 2.96. The van der Waals surface area contributed by atoms with Gasteiger partial charge in [-0.3, -0.25) is 10.3 Å². The molecule has 0 radical (unpaired) electrons. The lowest BCUT2D eigenvalue weighted by atomic mass is 10.1. The first-order valence-electron chi connectivity index (χ1n) is 3.47. The molecule has 1 atom stereocenters. The summed E-state index contributed by atoms with van der Waals surface area (Å²) in [6, 6.07) is 0. The summed E-state index contributed by atoms with van der Waals surface area (Å²) in [6.45, 7) is 5.61. The molecule has 1 aliphatic rings. The molecule has 0 saturated heterocycles. The van der Waals surface area contributed by atoms with Crippen molar-refractivity contribution in [2.75, 3.05) is 0 Å². The number of hydrogen-bond acceptors (Lipinski definition) is 3. The maximum atomic E-state index is 10.2. The Hall–Kier alpha value is -1.09. The summed E-state index contributed by atoms with van der Waals surface area (Å²) >= 11 is 0. The second-order valence-electron chi connectivity index (χ2n) is 2.53. The van der Waals surface area contributed by atoms with Crippen LogP contribution in [0.3, 0.4) is 0 Å². The third-order valence-electron chi connectivity index (χ3n) is 1.49. The van der Waals surface area contributed by atoms with Crippen molar-refractivity contribution >= 4 is 6.29 Å². The molecule has 3 nitrogen and oxygen atoms in total. The van der Waals surface area contributed by atoms with E-state index in [4.69, 9.17) is 4.84 Å². The van der Waals surface area contributed by atoms with E-state index in [2.05, 4.69) is 12.1 Å². The zero-order valence-electron chi connectivity index (χ0n) is 6.46. The molecule has 0 aromatic carbocycles. The van der Waals surface area contributed by atoms with E-state index >= 15 is 0 Å². The first kappa shape index (κ1) is 8.01. The third-order valence-corrected chi connectivity index (χ3v) is 1.49. The molecule has 0 aromatic rings. The van der Waals surface area contributed by atoms with Crippen LogP contribution in [-0.4, -0.2) is 12.4 Å². The molecule has 1 heterocycles. The van der Waals surface area contributed by atoms with E-state index in [0.29, 0.717) is 6.42 Å². The number of allylic oxidation sites excluding steroid dienone is 1. The zero-order chi connectivity index (χ0) is 8.27. The first-order chi connectivity index (χ1) is 5.24. The fraction of sp³-hybridized carbons (Fsp3) is 0.375. The molecule has 0 aliphatic carbocycles. The normalized spacial score (nSPS) is 23.4. The van der Waals surface area contributed by atoms with Crippen molar-refractivity contribution in [3.8, 4) is 0 Å². The van der Waals surface area contributed by atoms with E-state index < -0.39 is 0 Å². The molecule has 60 valence electrons. The maximum Gasteiger partial charge on any atom is 0.151 e. The van der Waals surface area contributed by atoms with Gasteiger partial charge in [-0.15, -0.1) is 0 Å². The van der Waals surface area contributed by atoms with E-state index in [0.717, 1.165) is 17.6 Å². The Labute approximate surface area is 65.7 Å². The van der Waals surface area contributed by atoms with Gasteiger partial charge < -0.3 is 4.79 Å². The van der Waals surface area contributed by atoms with E-state index in [1.165, 1.54) is 0 Å². The molecule has 1 rings (SSSR count). The van der Waals surface area contributed by atoms with Crippen molar-refractivity contribution in [1.82, 2.24) is 5.48 Å². The summed E-state index contributed by atoms with van der Waals surface area (Å²) in [5.74, 6) is 0. The molecule has 0 bridgehead atoms. The average molecular weight is 153 g/mol. The van der Waals surface area contributed by atoms with Gasteiger partial charge >= 0.3 is 0 Å². The molecule has 1 N–H and O–H groups in total. The molecule has 0 aromatic heterocycles. The minimum Gasteiger partial charge on any atom is -0.300 e. The van der Waals surface area contributed by atoms with E-state index in [9.17, 15) is 4.79 Å². The highest BCUT2D eigenvalue weighted by molar-refractivity contribution is 5.56. The number of carbonyl (C=O) groups excluding carboxylic acids is 1. The van der Waals surface area contributed by atoms with Gasteiger partial charge in [0.2, 0.25) is 0 Å². The van der Waals surface area contributed by atoms with Crippen molar-refractivity contribution in [3.63, 3.8) is 0 Å². The van der Waals surface area contributed by atoms with Gasteiger partial charge in [0, 0.05) is 6.42 Å². The second-order valence-corrected chi connectivity index (χ2v) is 2.53. The van der Waals surface area contributed by atoms with E-state index in [1.807, 2.05) is 13.0 Å². The lowest BCUT2D eigenvalue weighted by Crippen LogP contribution is -2.28. The minimum atomic E-state index is -0.349. The number of hydroxylamine groups is 1. The summed E-state index contributed by atoms with van der Waals surface area (Å²) in [5, 5.41) is 0. The second kappa shape index (κ2) is 3.34. The molecule has 1 aliphatic heterocycles. The van der Waals surface area contributed by atoms with E-state index in [1.54, 1.807) is 0 Å². The van der Waals surface area contributed by atoms with Crippen LogP contribution < -0.4 is 5.48 Å². The van der Waals surface area contributed by atoms with Crippen LogP contribution in [-0.2, 0) is 9.63 Å². The SMILES string of the molecule is C=C(C)C1=CCC(C=O)ON1. The largest absolute Gasteiger partial charge is 0.300 e. The molecule has 3 heteroatoms. The van der Waals surface area contributed by atoms with Crippen molar-refractivity contribution in [3.05, 3.63) is 23.9 Å². The number of carbonyl (C=O) groups is 1. The van der Waals surface area contributed by atoms with Gasteiger partial charge in [-0.2, -0.15) is 0 Å². The highest BCUT2D eigenvalue weighted by Gasteiger charge is 2.12. The monoisotopic (exact) mass is 153 g/mol. The van der Waals surface area contributed by atoms with Gasteiger partial charge in [-0.05, 0) is 12.5 Å². The van der Waals surface area contributed by atoms with Crippen LogP contribution in [0.4, 0.5) is 0 Å². The Morgan fingerprint density at radius 2 is 2.73 bits per heavy atom. The van der Waals surface area contributed by atoms with Crippen molar-refractivity contribution in [1.29, 1.82) is 0 Å². The predicted molar refractivity (Wildman–Crippen MR) is 41.6 cm³/mol. The Balaban J connectivity index is 2.57. The standard InChI is InChI=1S/C8H11NO2/c1-6(2)8-4-3-7(5-10)11-9-8/h4-5,7,9H,1,3H2,2H3. The smallest absolute Gasteiger partial charge is 0.151 e. The Kier molecular flexibility index (Phi) is 2.44. The van der Waals surface area contributed by atoms with Crippen molar-refractivity contribution < 1.29 is 9.63 Å². The molecule has 11 heavy (non-hydrogen) atoms. The van der Waals surface area contributed by atoms with Crippen LogP contribution in [0.25, 0.3) is 0 Å². The summed E-state index contributed by atoms with van der Waals surface area (Å²) in [5.41, 5.74) is 4.43. The number of aldehydes is 1. The first-order valence-corrected chi connectivity index (χ1v) is 3.47. The van der Waals surface area contributed by atoms with Crippen LogP contribution in [0, 0.1) is 0 Å². The molecule has 0 fully saturated rings. The van der Waals surface area contributed by atoms with Gasteiger partial charge in [0.05, 0.1) is 5.70 Å². The Morgan fingerprint density at radius 3 is 3.09 bits per heavy atom. The number of nitrogens with one attached hydrogen (secondary N) is 1. The summed E-state index contributed by atoms with van der Waals surface area (Å²) < 4.78 is 0. The van der Waals surface area contributed by atoms with Crippen LogP contribution in [0.5, 0.6) is 0 Å². The van der Waals surface area contributed by atoms with Gasteiger partial charge in [0.1, 0.15) is 6.10 Å². The summed E-state index contributed by atoms with van der Waals surface area (Å²) in [7, 11) is 0. The highest BCUT2D eigenvalue weighted by Crippen LogP contribution is 2.11. The predicted octanol–water partition coefficient (Wildman–Crippen LogP) is 0.939. The molecule has 0 amide bonds. The van der Waals surface area contributed by atoms with Gasteiger partial charge in [-0.25, -0.2) is 0 Å².